The quantitative estimate of drug-likeness (QED) is 0.254. The third kappa shape index (κ3) is 6.76. The number of fused-ring (bicyclic) bond motifs is 1. The molecule has 13 heteroatoms. The van der Waals surface area contributed by atoms with Crippen LogP contribution >= 0.6 is 0 Å². The van der Waals surface area contributed by atoms with Crippen molar-refractivity contribution in [2.45, 2.75) is 31.7 Å². The highest BCUT2D eigenvalue weighted by Gasteiger charge is 2.41. The van der Waals surface area contributed by atoms with Gasteiger partial charge in [0.2, 0.25) is 5.95 Å². The van der Waals surface area contributed by atoms with E-state index in [1.165, 1.54) is 23.2 Å². The smallest absolute Gasteiger partial charge is 0.352 e. The second kappa shape index (κ2) is 12.7. The second-order valence-corrected chi connectivity index (χ2v) is 9.82. The number of anilines is 3. The number of rotatable bonds is 11. The zero-order chi connectivity index (χ0) is 28.8. The van der Waals surface area contributed by atoms with E-state index < -0.39 is 18.2 Å². The standard InChI is InChI=1S/C28H31FN8O4/c29-20-4-2-19(3-5-20)18-36-24-17-30-11-6-22(24)37(23(26(40)41)16-25(38)39)28(36)34-21-7-13-35(14-8-21)15-12-33-27-31-9-1-10-32-27/h1-6,9-11,16-17,21,28,34H,7-8,12-15,18H2,(H,38,39)(H,40,41)(H,31,32,33)/b23-16-. The average molecular weight is 563 g/mol. The van der Waals surface area contributed by atoms with Gasteiger partial charge in [-0.05, 0) is 55.8 Å². The van der Waals surface area contributed by atoms with E-state index >= 15 is 0 Å². The molecule has 2 aliphatic heterocycles. The summed E-state index contributed by atoms with van der Waals surface area (Å²) >= 11 is 0. The van der Waals surface area contributed by atoms with Gasteiger partial charge in [-0.1, -0.05) is 12.1 Å². The molecule has 1 atom stereocenters. The van der Waals surface area contributed by atoms with Crippen molar-refractivity contribution >= 4 is 29.3 Å². The molecule has 0 amide bonds. The van der Waals surface area contributed by atoms with Crippen molar-refractivity contribution in [3.8, 4) is 0 Å². The number of nitrogens with zero attached hydrogens (tertiary/aromatic N) is 6. The van der Waals surface area contributed by atoms with Crippen LogP contribution in [0, 0.1) is 5.82 Å². The molecule has 1 aromatic carbocycles. The van der Waals surface area contributed by atoms with Gasteiger partial charge in [-0.2, -0.15) is 0 Å². The van der Waals surface area contributed by atoms with Crippen molar-refractivity contribution in [3.05, 3.63) is 84.3 Å². The van der Waals surface area contributed by atoms with Crippen molar-refractivity contribution in [1.82, 2.24) is 25.2 Å². The first-order chi connectivity index (χ1) is 19.9. The summed E-state index contributed by atoms with van der Waals surface area (Å²) in [5.74, 6) is -2.50. The number of hydrogen-bond acceptors (Lipinski definition) is 10. The van der Waals surface area contributed by atoms with Crippen LogP contribution in [0.2, 0.25) is 0 Å². The third-order valence-corrected chi connectivity index (χ3v) is 7.14. The van der Waals surface area contributed by atoms with E-state index in [0.29, 0.717) is 36.5 Å². The lowest BCUT2D eigenvalue weighted by molar-refractivity contribution is -0.135. The van der Waals surface area contributed by atoms with Crippen LogP contribution in [0.5, 0.6) is 0 Å². The average Bonchev–Trinajstić information content (AvgIpc) is 3.26. The molecule has 5 rings (SSSR count). The van der Waals surface area contributed by atoms with Crippen LogP contribution in [0.1, 0.15) is 18.4 Å². The fourth-order valence-electron chi connectivity index (χ4n) is 5.19. The predicted octanol–water partition coefficient (Wildman–Crippen LogP) is 2.34. The van der Waals surface area contributed by atoms with E-state index in [1.807, 2.05) is 4.90 Å². The molecule has 1 unspecified atom stereocenters. The molecule has 2 aliphatic rings. The Labute approximate surface area is 236 Å². The lowest BCUT2D eigenvalue weighted by Gasteiger charge is -2.39. The van der Waals surface area contributed by atoms with Crippen molar-refractivity contribution in [3.63, 3.8) is 0 Å². The van der Waals surface area contributed by atoms with Gasteiger partial charge in [0, 0.05) is 44.3 Å². The molecule has 4 N–H and O–H groups in total. The molecule has 3 aromatic rings. The summed E-state index contributed by atoms with van der Waals surface area (Å²) in [6.45, 7) is 3.49. The van der Waals surface area contributed by atoms with E-state index in [4.69, 9.17) is 0 Å². The first kappa shape index (κ1) is 27.9. The van der Waals surface area contributed by atoms with E-state index in [0.717, 1.165) is 38.0 Å². The Morgan fingerprint density at radius 2 is 1.76 bits per heavy atom. The molecule has 214 valence electrons. The van der Waals surface area contributed by atoms with E-state index in [2.05, 4.69) is 30.5 Å². The van der Waals surface area contributed by atoms with Crippen LogP contribution in [0.25, 0.3) is 0 Å². The second-order valence-electron chi connectivity index (χ2n) is 9.82. The van der Waals surface area contributed by atoms with E-state index in [1.54, 1.807) is 42.9 Å². The fraction of sp³-hybridized carbons (Fsp3) is 0.321. The zero-order valence-electron chi connectivity index (χ0n) is 22.2. The SMILES string of the molecule is O=C(O)/C=C(/C(=O)O)N1c2ccncc2N(Cc2ccc(F)cc2)C1NC1CCN(CCNc2ncccn2)CC1. The van der Waals surface area contributed by atoms with Gasteiger partial charge in [0.1, 0.15) is 11.5 Å². The topological polar surface area (TPSA) is 147 Å². The number of aliphatic carboxylic acids is 2. The van der Waals surface area contributed by atoms with Crippen LogP contribution in [-0.2, 0) is 16.1 Å². The fourth-order valence-corrected chi connectivity index (χ4v) is 5.19. The summed E-state index contributed by atoms with van der Waals surface area (Å²) in [5, 5.41) is 26.3. The van der Waals surface area contributed by atoms with Crippen molar-refractivity contribution in [2.24, 2.45) is 0 Å². The number of halogens is 1. The molecule has 0 bridgehead atoms. The monoisotopic (exact) mass is 562 g/mol. The summed E-state index contributed by atoms with van der Waals surface area (Å²) in [4.78, 5) is 42.3. The summed E-state index contributed by atoms with van der Waals surface area (Å²) in [6, 6.07) is 9.55. The van der Waals surface area contributed by atoms with Crippen LogP contribution in [0.15, 0.2) is 73.0 Å². The van der Waals surface area contributed by atoms with Gasteiger partial charge in [0.25, 0.3) is 0 Å². The first-order valence-electron chi connectivity index (χ1n) is 13.3. The highest BCUT2D eigenvalue weighted by molar-refractivity contribution is 6.00. The van der Waals surface area contributed by atoms with Crippen molar-refractivity contribution in [1.29, 1.82) is 0 Å². The lowest BCUT2D eigenvalue weighted by atomic mass is 10.0. The van der Waals surface area contributed by atoms with Crippen LogP contribution < -0.4 is 20.4 Å². The molecule has 0 saturated carbocycles. The minimum atomic E-state index is -1.37. The number of carboxylic acid groups (broad SMARTS) is 2. The number of likely N-dealkylation sites (tertiary alicyclic amines) is 1. The van der Waals surface area contributed by atoms with Gasteiger partial charge in [0.15, 0.2) is 6.29 Å². The molecular formula is C28H31FN8O4. The van der Waals surface area contributed by atoms with Crippen LogP contribution in [-0.4, -0.2) is 80.5 Å². The maximum absolute atomic E-state index is 13.6. The Morgan fingerprint density at radius 3 is 2.44 bits per heavy atom. The summed E-state index contributed by atoms with van der Waals surface area (Å²) in [5.41, 5.74) is 1.58. The highest BCUT2D eigenvalue weighted by Crippen LogP contribution is 2.41. The Morgan fingerprint density at radius 1 is 1.02 bits per heavy atom. The number of piperidine rings is 1. The normalized spacial score (nSPS) is 17.9. The first-order valence-corrected chi connectivity index (χ1v) is 13.3. The largest absolute Gasteiger partial charge is 0.478 e. The predicted molar refractivity (Wildman–Crippen MR) is 150 cm³/mol. The zero-order valence-corrected chi connectivity index (χ0v) is 22.2. The minimum absolute atomic E-state index is 0.0297. The maximum Gasteiger partial charge on any atom is 0.352 e. The summed E-state index contributed by atoms with van der Waals surface area (Å²) in [7, 11) is 0. The summed E-state index contributed by atoms with van der Waals surface area (Å²) < 4.78 is 13.6. The molecule has 0 radical (unpaired) electrons. The molecule has 41 heavy (non-hydrogen) atoms. The Bertz CT molecular complexity index is 1380. The molecule has 1 fully saturated rings. The van der Waals surface area contributed by atoms with E-state index in [-0.39, 0.29) is 17.6 Å². The lowest BCUT2D eigenvalue weighted by Crippen LogP contribution is -2.58. The van der Waals surface area contributed by atoms with Crippen molar-refractivity contribution in [2.75, 3.05) is 41.3 Å². The Hall–Kier alpha value is -4.62. The number of nitrogens with one attached hydrogen (secondary N) is 2. The molecular weight excluding hydrogens is 531 g/mol. The van der Waals surface area contributed by atoms with Crippen molar-refractivity contribution < 1.29 is 24.2 Å². The minimum Gasteiger partial charge on any atom is -0.478 e. The Balaban J connectivity index is 1.34. The third-order valence-electron chi connectivity index (χ3n) is 7.14. The highest BCUT2D eigenvalue weighted by atomic mass is 19.1. The molecule has 2 aromatic heterocycles. The molecule has 0 spiro atoms. The Kier molecular flexibility index (Phi) is 8.65. The number of benzene rings is 1. The molecule has 12 nitrogen and oxygen atoms in total. The number of aromatic nitrogens is 3. The van der Waals surface area contributed by atoms with Crippen LogP contribution in [0.3, 0.4) is 0 Å². The number of carboxylic acids is 2. The number of carbonyl (C=O) groups is 2. The van der Waals surface area contributed by atoms with Gasteiger partial charge in [-0.3, -0.25) is 15.2 Å². The van der Waals surface area contributed by atoms with Gasteiger partial charge in [0.05, 0.1) is 23.6 Å². The number of pyridine rings is 1. The summed E-state index contributed by atoms with van der Waals surface area (Å²) in [6.07, 6.45) is 8.13. The number of hydrogen-bond donors (Lipinski definition) is 4. The molecule has 0 aliphatic carbocycles. The van der Waals surface area contributed by atoms with Gasteiger partial charge >= 0.3 is 11.9 Å². The maximum atomic E-state index is 13.6. The van der Waals surface area contributed by atoms with Gasteiger partial charge in [-0.15, -0.1) is 0 Å². The van der Waals surface area contributed by atoms with E-state index in [9.17, 15) is 24.2 Å². The van der Waals surface area contributed by atoms with Gasteiger partial charge in [-0.25, -0.2) is 23.9 Å². The molecule has 4 heterocycles. The van der Waals surface area contributed by atoms with Gasteiger partial charge < -0.3 is 25.3 Å². The van der Waals surface area contributed by atoms with Crippen LogP contribution in [0.4, 0.5) is 21.7 Å². The molecule has 1 saturated heterocycles.